The van der Waals surface area contributed by atoms with Gasteiger partial charge in [0, 0.05) is 28.7 Å². The molecule has 0 radical (unpaired) electrons. The Morgan fingerprint density at radius 1 is 1.03 bits per heavy atom. The molecule has 29 heavy (non-hydrogen) atoms. The Hall–Kier alpha value is -2.23. The van der Waals surface area contributed by atoms with Gasteiger partial charge in [0.05, 0.1) is 5.52 Å². The quantitative estimate of drug-likeness (QED) is 0.375. The van der Waals surface area contributed by atoms with Crippen LogP contribution in [-0.4, -0.2) is 19.9 Å². The van der Waals surface area contributed by atoms with Gasteiger partial charge in [-0.15, -0.1) is 0 Å². The third-order valence-corrected chi connectivity index (χ3v) is 10.7. The molecule has 0 aliphatic rings. The average Bonchev–Trinajstić information content (AvgIpc) is 3.06. The highest BCUT2D eigenvalue weighted by molar-refractivity contribution is 8.16. The number of rotatable bonds is 5. The van der Waals surface area contributed by atoms with E-state index >= 15 is 0 Å². The minimum absolute atomic E-state index is 0.256. The summed E-state index contributed by atoms with van der Waals surface area (Å²) in [7, 11) is 0. The molecule has 0 unspecified atom stereocenters. The van der Waals surface area contributed by atoms with Gasteiger partial charge in [0.15, 0.2) is 12.0 Å². The van der Waals surface area contributed by atoms with Crippen molar-refractivity contribution in [3.63, 3.8) is 0 Å². The van der Waals surface area contributed by atoms with Gasteiger partial charge in [-0.1, -0.05) is 64.1 Å². The second kappa shape index (κ2) is 7.55. The van der Waals surface area contributed by atoms with E-state index in [1.165, 1.54) is 0 Å². The molecule has 0 bridgehead atoms. The number of hydrogen-bond acceptors (Lipinski definition) is 4. The summed E-state index contributed by atoms with van der Waals surface area (Å²) >= 11 is 6.43. The van der Waals surface area contributed by atoms with E-state index in [-0.39, 0.29) is 5.16 Å². The van der Waals surface area contributed by atoms with Crippen molar-refractivity contribution >= 4 is 45.3 Å². The van der Waals surface area contributed by atoms with Crippen LogP contribution in [0, 0.1) is 0 Å². The second-order valence-corrected chi connectivity index (χ2v) is 12.8. The number of fused-ring (bicyclic) bond motifs is 2. The maximum atomic E-state index is 6.82. The molecule has 0 aliphatic carbocycles. The average molecular weight is 424 g/mol. The number of benzene rings is 2. The van der Waals surface area contributed by atoms with Crippen molar-refractivity contribution in [3.05, 3.63) is 60.8 Å². The Bertz CT molecular complexity index is 1220. The summed E-state index contributed by atoms with van der Waals surface area (Å²) < 4.78 is 8.90. The highest BCUT2D eigenvalue weighted by Gasteiger charge is 2.41. The molecule has 2 aromatic heterocycles. The Morgan fingerprint density at radius 2 is 1.79 bits per heavy atom. The highest BCUT2D eigenvalue weighted by Crippen LogP contribution is 2.59. The minimum Gasteiger partial charge on any atom is -0.458 e. The van der Waals surface area contributed by atoms with Gasteiger partial charge in [0.25, 0.3) is 0 Å². The Labute approximate surface area is 177 Å². The molecule has 0 N–H and O–H groups in total. The molecule has 2 aromatic carbocycles. The van der Waals surface area contributed by atoms with Crippen LogP contribution in [0.2, 0.25) is 0 Å². The molecule has 0 aliphatic heterocycles. The summed E-state index contributed by atoms with van der Waals surface area (Å²) in [6.45, 7) is 9.49. The maximum Gasteiger partial charge on any atom is 0.166 e. The molecule has 0 amide bonds. The summed E-state index contributed by atoms with van der Waals surface area (Å²) in [5, 5.41) is 6.75. The summed E-state index contributed by atoms with van der Waals surface area (Å²) in [5.41, 5.74) is 2.86. The lowest BCUT2D eigenvalue weighted by atomic mass is 10.2. The number of nitrogens with zero attached hydrogens (tertiary/aromatic N) is 3. The van der Waals surface area contributed by atoms with Gasteiger partial charge < -0.3 is 4.52 Å². The van der Waals surface area contributed by atoms with Crippen molar-refractivity contribution in [2.75, 3.05) is 0 Å². The normalized spacial score (nSPS) is 14.2. The van der Waals surface area contributed by atoms with Gasteiger partial charge in [-0.05, 0) is 36.4 Å². The van der Waals surface area contributed by atoms with Crippen molar-refractivity contribution in [3.8, 4) is 5.75 Å². The first-order valence-electron chi connectivity index (χ1n) is 9.95. The molecule has 4 nitrogen and oxygen atoms in total. The van der Waals surface area contributed by atoms with Crippen LogP contribution < -0.4 is 9.96 Å². The van der Waals surface area contributed by atoms with Crippen LogP contribution >= 0.6 is 6.26 Å². The van der Waals surface area contributed by atoms with E-state index in [1.54, 1.807) is 6.20 Å². The molecule has 4 aromatic rings. The number of pyridine rings is 1. The van der Waals surface area contributed by atoms with Gasteiger partial charge in [-0.3, -0.25) is 9.67 Å². The fourth-order valence-corrected chi connectivity index (χ4v) is 6.72. The number of hydrogen-bond donors (Lipinski definition) is 0. The molecule has 0 spiro atoms. The smallest absolute Gasteiger partial charge is 0.166 e. The first-order valence-corrected chi connectivity index (χ1v) is 12.7. The number of aromatic nitrogens is 3. The van der Waals surface area contributed by atoms with E-state index in [2.05, 4.69) is 43.4 Å². The maximum absolute atomic E-state index is 6.82. The molecule has 2 heterocycles. The third kappa shape index (κ3) is 3.47. The first kappa shape index (κ1) is 20.1. The van der Waals surface area contributed by atoms with Crippen LogP contribution in [0.3, 0.4) is 0 Å². The predicted octanol–water partition coefficient (Wildman–Crippen LogP) is 5.89. The molecular weight excluding hydrogens is 397 g/mol. The van der Waals surface area contributed by atoms with Gasteiger partial charge in [0.2, 0.25) is 0 Å². The van der Waals surface area contributed by atoms with Gasteiger partial charge in [0.1, 0.15) is 11.0 Å². The van der Waals surface area contributed by atoms with Crippen molar-refractivity contribution in [1.29, 1.82) is 0 Å². The lowest BCUT2D eigenvalue weighted by molar-refractivity contribution is 0.571. The zero-order chi connectivity index (χ0) is 20.6. The van der Waals surface area contributed by atoms with Crippen LogP contribution in [0.25, 0.3) is 21.8 Å². The van der Waals surface area contributed by atoms with Crippen molar-refractivity contribution in [2.45, 2.75) is 45.8 Å². The van der Waals surface area contributed by atoms with Crippen LogP contribution in [-0.2, 0) is 18.4 Å². The lowest BCUT2D eigenvalue weighted by Crippen LogP contribution is -2.32. The zero-order valence-electron chi connectivity index (χ0n) is 17.3. The molecule has 0 fully saturated rings. The minimum atomic E-state index is -2.55. The fraction of sp³-hybridized carbons (Fsp3) is 0.304. The van der Waals surface area contributed by atoms with Gasteiger partial charge in [-0.2, -0.15) is 5.10 Å². The molecule has 1 atom stereocenters. The summed E-state index contributed by atoms with van der Waals surface area (Å²) in [6, 6.07) is 18.2. The second-order valence-electron chi connectivity index (χ2n) is 8.21. The van der Waals surface area contributed by atoms with Gasteiger partial charge >= 0.3 is 0 Å². The van der Waals surface area contributed by atoms with E-state index in [9.17, 15) is 0 Å². The Balaban J connectivity index is 1.97. The lowest BCUT2D eigenvalue weighted by Gasteiger charge is -2.35. The van der Waals surface area contributed by atoms with Crippen LogP contribution in [0.4, 0.5) is 0 Å². The van der Waals surface area contributed by atoms with Crippen molar-refractivity contribution < 1.29 is 4.52 Å². The highest BCUT2D eigenvalue weighted by atomic mass is 32.4. The molecule has 0 saturated heterocycles. The zero-order valence-corrected chi connectivity index (χ0v) is 19.0. The fourth-order valence-electron chi connectivity index (χ4n) is 3.53. The summed E-state index contributed by atoms with van der Waals surface area (Å²) in [4.78, 5) is 4.57. The first-order chi connectivity index (χ1) is 13.8. The van der Waals surface area contributed by atoms with E-state index in [4.69, 9.17) is 21.4 Å². The molecule has 0 saturated carbocycles. The Morgan fingerprint density at radius 3 is 2.55 bits per heavy atom. The SMILES string of the molecule is CCCn1nc2ccccc2c1[P@@](=S)(Oc1cccc2cccnc12)C(C)(C)C. The van der Waals surface area contributed by atoms with Gasteiger partial charge in [-0.25, -0.2) is 0 Å². The molecular formula is C23H26N3OPS. The molecule has 150 valence electrons. The third-order valence-electron chi connectivity index (χ3n) is 5.04. The largest absolute Gasteiger partial charge is 0.458 e. The number of aryl methyl sites for hydroxylation is 1. The topological polar surface area (TPSA) is 39.9 Å². The van der Waals surface area contributed by atoms with E-state index in [0.29, 0.717) is 0 Å². The van der Waals surface area contributed by atoms with Crippen LogP contribution in [0.15, 0.2) is 60.8 Å². The van der Waals surface area contributed by atoms with E-state index in [0.717, 1.165) is 46.0 Å². The monoisotopic (exact) mass is 423 g/mol. The van der Waals surface area contributed by atoms with Crippen LogP contribution in [0.1, 0.15) is 34.1 Å². The predicted molar refractivity (Wildman–Crippen MR) is 126 cm³/mol. The van der Waals surface area contributed by atoms with Crippen molar-refractivity contribution in [1.82, 2.24) is 14.8 Å². The van der Waals surface area contributed by atoms with E-state index in [1.807, 2.05) is 48.5 Å². The van der Waals surface area contributed by atoms with Crippen molar-refractivity contribution in [2.24, 2.45) is 0 Å². The molecule has 4 rings (SSSR count). The van der Waals surface area contributed by atoms with Crippen LogP contribution in [0.5, 0.6) is 5.75 Å². The summed E-state index contributed by atoms with van der Waals surface area (Å²) in [5.74, 6) is 0.745. The number of para-hydroxylation sites is 1. The standard InChI is InChI=1S/C23H26N3OPS/c1-5-16-26-22(18-12-6-7-13-19(18)25-26)28(29,23(2,3)4)27-20-14-8-10-17-11-9-15-24-21(17)20/h6-15H,5,16H2,1-4H3/t28-/m0/s1. The summed E-state index contributed by atoms with van der Waals surface area (Å²) in [6.07, 6.45) is 0.228. The molecule has 6 heteroatoms. The van der Waals surface area contributed by atoms with E-state index < -0.39 is 6.26 Å². The Kier molecular flexibility index (Phi) is 5.22.